The molecule has 0 saturated carbocycles. The molecule has 0 saturated heterocycles. The molecule has 19 heavy (non-hydrogen) atoms. The summed E-state index contributed by atoms with van der Waals surface area (Å²) in [4.78, 5) is 0. The van der Waals surface area contributed by atoms with E-state index in [2.05, 4.69) is 59.8 Å². The predicted molar refractivity (Wildman–Crippen MR) is 87.3 cm³/mol. The maximum Gasteiger partial charge on any atom is -0.0107 e. The zero-order valence-electron chi connectivity index (χ0n) is 14.1. The summed E-state index contributed by atoms with van der Waals surface area (Å²) in [5.74, 6) is 0.701. The largest absolute Gasteiger partial charge is 0.0803 e. The summed E-state index contributed by atoms with van der Waals surface area (Å²) >= 11 is 0. The standard InChI is InChI=1S/C19H34/c1-7-8-9-10-15-19(5,6)17-13-11-16(12-14-17)18(2,3)4/h11,13-14,16H,7-10,12,15H2,1-6H3. The van der Waals surface area contributed by atoms with Gasteiger partial charge in [-0.1, -0.05) is 85.5 Å². The lowest BCUT2D eigenvalue weighted by Gasteiger charge is -2.33. The van der Waals surface area contributed by atoms with E-state index in [1.807, 2.05) is 0 Å². The Labute approximate surface area is 121 Å². The highest BCUT2D eigenvalue weighted by Crippen LogP contribution is 2.39. The van der Waals surface area contributed by atoms with Gasteiger partial charge in [0.15, 0.2) is 0 Å². The van der Waals surface area contributed by atoms with Gasteiger partial charge in [-0.15, -0.1) is 0 Å². The van der Waals surface area contributed by atoms with E-state index in [0.717, 1.165) is 0 Å². The van der Waals surface area contributed by atoms with Crippen molar-refractivity contribution in [1.29, 1.82) is 0 Å². The van der Waals surface area contributed by atoms with Gasteiger partial charge in [-0.05, 0) is 35.2 Å². The van der Waals surface area contributed by atoms with Crippen LogP contribution in [0.1, 0.15) is 80.1 Å². The second-order valence-corrected chi connectivity index (χ2v) is 7.92. The summed E-state index contributed by atoms with van der Waals surface area (Å²) in [6, 6.07) is 0. The number of rotatable bonds is 6. The summed E-state index contributed by atoms with van der Waals surface area (Å²) < 4.78 is 0. The van der Waals surface area contributed by atoms with Crippen molar-refractivity contribution >= 4 is 0 Å². The lowest BCUT2D eigenvalue weighted by Crippen LogP contribution is -2.22. The summed E-state index contributed by atoms with van der Waals surface area (Å²) in [5, 5.41) is 0. The molecule has 0 spiro atoms. The molecule has 0 heterocycles. The van der Waals surface area contributed by atoms with Crippen LogP contribution in [0.2, 0.25) is 0 Å². The molecule has 0 aromatic rings. The Hall–Kier alpha value is -0.520. The SMILES string of the molecule is CCCCCCC(C)(C)C1=CCC(C(C)(C)C)C=C1. The zero-order chi connectivity index (χ0) is 14.5. The van der Waals surface area contributed by atoms with Crippen LogP contribution >= 0.6 is 0 Å². The quantitative estimate of drug-likeness (QED) is 0.477. The Balaban J connectivity index is 2.52. The third-order valence-corrected chi connectivity index (χ3v) is 4.65. The Morgan fingerprint density at radius 2 is 1.74 bits per heavy atom. The minimum atomic E-state index is 0.354. The van der Waals surface area contributed by atoms with E-state index in [4.69, 9.17) is 0 Å². The summed E-state index contributed by atoms with van der Waals surface area (Å²) in [7, 11) is 0. The first-order valence-corrected chi connectivity index (χ1v) is 8.16. The van der Waals surface area contributed by atoms with Crippen molar-refractivity contribution < 1.29 is 0 Å². The Kier molecular flexibility index (Phi) is 5.89. The first kappa shape index (κ1) is 16.5. The van der Waals surface area contributed by atoms with Crippen molar-refractivity contribution in [3.05, 3.63) is 23.8 Å². The van der Waals surface area contributed by atoms with Crippen LogP contribution in [-0.2, 0) is 0 Å². The Bertz CT molecular complexity index is 322. The minimum Gasteiger partial charge on any atom is -0.0803 e. The number of hydrogen-bond donors (Lipinski definition) is 0. The van der Waals surface area contributed by atoms with E-state index >= 15 is 0 Å². The van der Waals surface area contributed by atoms with Crippen LogP contribution in [0, 0.1) is 16.7 Å². The highest BCUT2D eigenvalue weighted by Gasteiger charge is 2.27. The van der Waals surface area contributed by atoms with Crippen LogP contribution in [-0.4, -0.2) is 0 Å². The van der Waals surface area contributed by atoms with Crippen LogP contribution in [0.15, 0.2) is 23.8 Å². The van der Waals surface area contributed by atoms with Gasteiger partial charge in [0, 0.05) is 0 Å². The van der Waals surface area contributed by atoms with E-state index in [9.17, 15) is 0 Å². The molecule has 0 aromatic heterocycles. The molecule has 1 aliphatic rings. The van der Waals surface area contributed by atoms with Crippen molar-refractivity contribution in [1.82, 2.24) is 0 Å². The molecule has 0 aliphatic heterocycles. The van der Waals surface area contributed by atoms with Gasteiger partial charge in [0.2, 0.25) is 0 Å². The lowest BCUT2D eigenvalue weighted by molar-refractivity contribution is 0.289. The lowest BCUT2D eigenvalue weighted by atomic mass is 9.72. The first-order valence-electron chi connectivity index (χ1n) is 8.16. The highest BCUT2D eigenvalue weighted by molar-refractivity contribution is 5.30. The van der Waals surface area contributed by atoms with Gasteiger partial charge in [0.1, 0.15) is 0 Å². The second-order valence-electron chi connectivity index (χ2n) is 7.92. The van der Waals surface area contributed by atoms with Gasteiger partial charge >= 0.3 is 0 Å². The maximum atomic E-state index is 2.50. The summed E-state index contributed by atoms with van der Waals surface area (Å²) in [5.41, 5.74) is 2.31. The molecule has 1 unspecified atom stereocenters. The molecule has 0 N–H and O–H groups in total. The topological polar surface area (TPSA) is 0 Å². The van der Waals surface area contributed by atoms with E-state index < -0.39 is 0 Å². The zero-order valence-corrected chi connectivity index (χ0v) is 14.1. The molecule has 0 aromatic carbocycles. The van der Waals surface area contributed by atoms with Crippen molar-refractivity contribution in [3.63, 3.8) is 0 Å². The second kappa shape index (κ2) is 6.77. The van der Waals surface area contributed by atoms with Crippen LogP contribution in [0.4, 0.5) is 0 Å². The molecule has 0 bridgehead atoms. The molecule has 0 radical (unpaired) electrons. The van der Waals surface area contributed by atoms with Crippen LogP contribution in [0.5, 0.6) is 0 Å². The number of hydrogen-bond acceptors (Lipinski definition) is 0. The third-order valence-electron chi connectivity index (χ3n) is 4.65. The minimum absolute atomic E-state index is 0.354. The number of allylic oxidation sites excluding steroid dienone is 4. The average Bonchev–Trinajstić information content (AvgIpc) is 2.34. The van der Waals surface area contributed by atoms with Gasteiger partial charge < -0.3 is 0 Å². The van der Waals surface area contributed by atoms with Crippen molar-refractivity contribution in [2.75, 3.05) is 0 Å². The smallest absolute Gasteiger partial charge is 0.0107 e. The monoisotopic (exact) mass is 262 g/mol. The molecule has 1 aliphatic carbocycles. The maximum absolute atomic E-state index is 2.50. The third kappa shape index (κ3) is 5.16. The van der Waals surface area contributed by atoms with Gasteiger partial charge in [-0.3, -0.25) is 0 Å². The molecule has 0 fully saturated rings. The van der Waals surface area contributed by atoms with Crippen LogP contribution in [0.3, 0.4) is 0 Å². The van der Waals surface area contributed by atoms with E-state index in [0.29, 0.717) is 16.7 Å². The Morgan fingerprint density at radius 1 is 1.05 bits per heavy atom. The van der Waals surface area contributed by atoms with Crippen molar-refractivity contribution in [2.45, 2.75) is 80.1 Å². The van der Waals surface area contributed by atoms with Gasteiger partial charge in [0.05, 0.1) is 0 Å². The van der Waals surface area contributed by atoms with Crippen molar-refractivity contribution in [2.24, 2.45) is 16.7 Å². The van der Waals surface area contributed by atoms with Crippen molar-refractivity contribution in [3.8, 4) is 0 Å². The molecule has 0 heteroatoms. The Morgan fingerprint density at radius 3 is 2.21 bits per heavy atom. The average molecular weight is 262 g/mol. The fourth-order valence-corrected chi connectivity index (χ4v) is 2.90. The molecule has 1 atom stereocenters. The van der Waals surface area contributed by atoms with Gasteiger partial charge in [-0.2, -0.15) is 0 Å². The fourth-order valence-electron chi connectivity index (χ4n) is 2.90. The molecule has 110 valence electrons. The predicted octanol–water partition coefficient (Wildman–Crippen LogP) is 6.53. The summed E-state index contributed by atoms with van der Waals surface area (Å²) in [6.45, 7) is 14.1. The summed E-state index contributed by atoms with van der Waals surface area (Å²) in [6.07, 6.45) is 15.4. The highest BCUT2D eigenvalue weighted by atomic mass is 14.3. The van der Waals surface area contributed by atoms with E-state index in [-0.39, 0.29) is 0 Å². The normalized spacial score (nSPS) is 20.5. The molecular formula is C19H34. The molecule has 0 amide bonds. The fraction of sp³-hybridized carbons (Fsp3) is 0.789. The molecular weight excluding hydrogens is 228 g/mol. The molecule has 0 nitrogen and oxygen atoms in total. The molecule has 1 rings (SSSR count). The first-order chi connectivity index (χ1) is 8.77. The van der Waals surface area contributed by atoms with Crippen LogP contribution < -0.4 is 0 Å². The van der Waals surface area contributed by atoms with E-state index in [1.165, 1.54) is 38.5 Å². The number of unbranched alkanes of at least 4 members (excludes halogenated alkanes) is 3. The van der Waals surface area contributed by atoms with Crippen LogP contribution in [0.25, 0.3) is 0 Å². The van der Waals surface area contributed by atoms with E-state index in [1.54, 1.807) is 5.57 Å². The van der Waals surface area contributed by atoms with Gasteiger partial charge in [0.25, 0.3) is 0 Å². The van der Waals surface area contributed by atoms with Gasteiger partial charge in [-0.25, -0.2) is 0 Å².